The summed E-state index contributed by atoms with van der Waals surface area (Å²) in [4.78, 5) is 16.8. The van der Waals surface area contributed by atoms with Gasteiger partial charge in [0.2, 0.25) is 5.91 Å². The maximum Gasteiger partial charge on any atom is 0.227 e. The Bertz CT molecular complexity index is 614. The molecule has 1 saturated heterocycles. The van der Waals surface area contributed by atoms with E-state index in [0.717, 1.165) is 22.2 Å². The molecule has 2 heterocycles. The zero-order valence-corrected chi connectivity index (χ0v) is 10.7. The molecule has 5 nitrogen and oxygen atoms in total. The van der Waals surface area contributed by atoms with Crippen molar-refractivity contribution in [1.29, 1.82) is 0 Å². The van der Waals surface area contributed by atoms with E-state index in [2.05, 4.69) is 4.98 Å². The zero-order chi connectivity index (χ0) is 13.4. The van der Waals surface area contributed by atoms with Crippen molar-refractivity contribution in [2.75, 3.05) is 20.2 Å². The monoisotopic (exact) mass is 260 g/mol. The van der Waals surface area contributed by atoms with Crippen molar-refractivity contribution in [2.45, 2.75) is 12.5 Å². The molecule has 100 valence electrons. The van der Waals surface area contributed by atoms with Crippen molar-refractivity contribution < 1.29 is 14.6 Å². The number of aromatic nitrogens is 1. The lowest BCUT2D eigenvalue weighted by atomic mass is 10.1. The maximum atomic E-state index is 12.0. The van der Waals surface area contributed by atoms with Gasteiger partial charge in [0.1, 0.15) is 5.75 Å². The highest BCUT2D eigenvalue weighted by Crippen LogP contribution is 2.24. The lowest BCUT2D eigenvalue weighted by Gasteiger charge is -2.35. The largest absolute Gasteiger partial charge is 0.497 e. The van der Waals surface area contributed by atoms with Crippen molar-refractivity contribution >= 4 is 16.8 Å². The first kappa shape index (κ1) is 12.0. The normalized spacial score (nSPS) is 15.6. The molecule has 0 bridgehead atoms. The molecule has 0 atom stereocenters. The van der Waals surface area contributed by atoms with Gasteiger partial charge in [0.25, 0.3) is 0 Å². The molecule has 1 aliphatic rings. The highest BCUT2D eigenvalue weighted by atomic mass is 16.5. The van der Waals surface area contributed by atoms with E-state index >= 15 is 0 Å². The number of β-amino-alcohol motifs (C(OH)–C–C–N with tert-alkyl or cyclic N) is 1. The number of carbonyl (C=O) groups excluding carboxylic acids is 1. The second-order valence-electron chi connectivity index (χ2n) is 4.85. The highest BCUT2D eigenvalue weighted by molar-refractivity contribution is 5.90. The van der Waals surface area contributed by atoms with Crippen molar-refractivity contribution in [1.82, 2.24) is 9.88 Å². The topological polar surface area (TPSA) is 65.6 Å². The van der Waals surface area contributed by atoms with Crippen molar-refractivity contribution in [3.8, 4) is 5.75 Å². The molecule has 1 aromatic carbocycles. The number of likely N-dealkylation sites (tertiary alicyclic amines) is 1. The Kier molecular flexibility index (Phi) is 2.91. The van der Waals surface area contributed by atoms with E-state index in [-0.39, 0.29) is 12.0 Å². The van der Waals surface area contributed by atoms with Crippen LogP contribution in [-0.2, 0) is 11.2 Å². The lowest BCUT2D eigenvalue weighted by molar-refractivity contribution is -0.140. The van der Waals surface area contributed by atoms with E-state index in [1.807, 2.05) is 24.4 Å². The number of ether oxygens (including phenoxy) is 1. The van der Waals surface area contributed by atoms with Crippen LogP contribution in [-0.4, -0.2) is 47.2 Å². The van der Waals surface area contributed by atoms with Crippen LogP contribution in [0.3, 0.4) is 0 Å². The fourth-order valence-electron chi connectivity index (χ4n) is 2.36. The van der Waals surface area contributed by atoms with Gasteiger partial charge in [0, 0.05) is 30.2 Å². The molecule has 2 aromatic rings. The summed E-state index contributed by atoms with van der Waals surface area (Å²) < 4.78 is 5.20. The first-order valence-corrected chi connectivity index (χ1v) is 6.27. The van der Waals surface area contributed by atoms with Gasteiger partial charge in [0.05, 0.1) is 19.6 Å². The number of hydrogen-bond donors (Lipinski definition) is 2. The van der Waals surface area contributed by atoms with Gasteiger partial charge < -0.3 is 19.7 Å². The fourth-order valence-corrected chi connectivity index (χ4v) is 2.36. The van der Waals surface area contributed by atoms with Crippen LogP contribution in [0.15, 0.2) is 24.4 Å². The molecule has 1 amide bonds. The van der Waals surface area contributed by atoms with Crippen LogP contribution in [0.5, 0.6) is 5.75 Å². The van der Waals surface area contributed by atoms with Crippen LogP contribution >= 0.6 is 0 Å². The number of carbonyl (C=O) groups is 1. The van der Waals surface area contributed by atoms with Crippen LogP contribution in [0.2, 0.25) is 0 Å². The van der Waals surface area contributed by atoms with Crippen LogP contribution in [0.1, 0.15) is 5.56 Å². The van der Waals surface area contributed by atoms with E-state index in [0.29, 0.717) is 19.5 Å². The molecule has 0 spiro atoms. The number of H-pyrrole nitrogens is 1. The molecule has 0 radical (unpaired) electrons. The van der Waals surface area contributed by atoms with Crippen LogP contribution in [0.25, 0.3) is 10.9 Å². The quantitative estimate of drug-likeness (QED) is 0.862. The second-order valence-corrected chi connectivity index (χ2v) is 4.85. The molecule has 1 aromatic heterocycles. The van der Waals surface area contributed by atoms with Crippen molar-refractivity contribution in [3.63, 3.8) is 0 Å². The molecular formula is C14H16N2O3. The number of aliphatic hydroxyl groups excluding tert-OH is 1. The number of methoxy groups -OCH3 is 1. The Morgan fingerprint density at radius 3 is 3.00 bits per heavy atom. The maximum absolute atomic E-state index is 12.0. The van der Waals surface area contributed by atoms with E-state index in [4.69, 9.17) is 4.74 Å². The standard InChI is InChI=1S/C14H16N2O3/c1-19-11-2-3-13-12(5-11)9(6-15-13)4-14(18)16-7-10(17)8-16/h2-3,5-6,10,15,17H,4,7-8H2,1H3. The van der Waals surface area contributed by atoms with E-state index in [1.165, 1.54) is 0 Å². The summed E-state index contributed by atoms with van der Waals surface area (Å²) >= 11 is 0. The van der Waals surface area contributed by atoms with Crippen LogP contribution in [0, 0.1) is 0 Å². The van der Waals surface area contributed by atoms with Crippen LogP contribution in [0.4, 0.5) is 0 Å². The molecule has 2 N–H and O–H groups in total. The minimum atomic E-state index is -0.355. The summed E-state index contributed by atoms with van der Waals surface area (Å²) in [5.41, 5.74) is 1.95. The molecule has 1 fully saturated rings. The molecule has 0 aliphatic carbocycles. The summed E-state index contributed by atoms with van der Waals surface area (Å²) in [6, 6.07) is 5.76. The van der Waals surface area contributed by atoms with E-state index in [1.54, 1.807) is 12.0 Å². The number of amides is 1. The fraction of sp³-hybridized carbons (Fsp3) is 0.357. The minimum Gasteiger partial charge on any atom is -0.497 e. The summed E-state index contributed by atoms with van der Waals surface area (Å²) in [7, 11) is 1.63. The summed E-state index contributed by atoms with van der Waals surface area (Å²) in [5.74, 6) is 0.828. The van der Waals surface area contributed by atoms with Gasteiger partial charge in [-0.05, 0) is 23.8 Å². The first-order chi connectivity index (χ1) is 9.17. The number of rotatable bonds is 3. The van der Waals surface area contributed by atoms with E-state index in [9.17, 15) is 9.90 Å². The van der Waals surface area contributed by atoms with Gasteiger partial charge in [-0.3, -0.25) is 4.79 Å². The summed E-state index contributed by atoms with van der Waals surface area (Å²) in [6.07, 6.45) is 1.85. The van der Waals surface area contributed by atoms with Gasteiger partial charge >= 0.3 is 0 Å². The summed E-state index contributed by atoms with van der Waals surface area (Å²) in [5, 5.41) is 10.2. The number of aliphatic hydroxyl groups is 1. The summed E-state index contributed by atoms with van der Waals surface area (Å²) in [6.45, 7) is 0.898. The van der Waals surface area contributed by atoms with Gasteiger partial charge in [-0.2, -0.15) is 0 Å². The van der Waals surface area contributed by atoms with Crippen molar-refractivity contribution in [3.05, 3.63) is 30.0 Å². The average molecular weight is 260 g/mol. The third-order valence-corrected chi connectivity index (χ3v) is 3.53. The van der Waals surface area contributed by atoms with Gasteiger partial charge in [-0.15, -0.1) is 0 Å². The second kappa shape index (κ2) is 4.59. The number of nitrogens with zero attached hydrogens (tertiary/aromatic N) is 1. The molecule has 0 unspecified atom stereocenters. The smallest absolute Gasteiger partial charge is 0.227 e. The molecule has 19 heavy (non-hydrogen) atoms. The Balaban J connectivity index is 1.82. The Morgan fingerprint density at radius 1 is 1.53 bits per heavy atom. The SMILES string of the molecule is COc1ccc2[nH]cc(CC(=O)N3CC(O)C3)c2c1. The molecule has 1 aliphatic heterocycles. The predicted octanol–water partition coefficient (Wildman–Crippen LogP) is 0.922. The number of benzene rings is 1. The molecular weight excluding hydrogens is 244 g/mol. The highest BCUT2D eigenvalue weighted by Gasteiger charge is 2.28. The van der Waals surface area contributed by atoms with Crippen LogP contribution < -0.4 is 4.74 Å². The molecule has 0 saturated carbocycles. The number of nitrogens with one attached hydrogen (secondary N) is 1. The molecule has 5 heteroatoms. The Labute approximate surface area is 110 Å². The Hall–Kier alpha value is -2.01. The van der Waals surface area contributed by atoms with E-state index < -0.39 is 0 Å². The minimum absolute atomic E-state index is 0.0500. The lowest BCUT2D eigenvalue weighted by Crippen LogP contribution is -2.53. The third kappa shape index (κ3) is 2.17. The number of aromatic amines is 1. The Morgan fingerprint density at radius 2 is 2.32 bits per heavy atom. The zero-order valence-electron chi connectivity index (χ0n) is 10.7. The number of hydrogen-bond acceptors (Lipinski definition) is 3. The van der Waals surface area contributed by atoms with Gasteiger partial charge in [-0.25, -0.2) is 0 Å². The third-order valence-electron chi connectivity index (χ3n) is 3.53. The van der Waals surface area contributed by atoms with Crippen molar-refractivity contribution in [2.24, 2.45) is 0 Å². The molecule has 3 rings (SSSR count). The number of fused-ring (bicyclic) bond motifs is 1. The van der Waals surface area contributed by atoms with Gasteiger partial charge in [0.15, 0.2) is 0 Å². The predicted molar refractivity (Wildman–Crippen MR) is 71.1 cm³/mol. The van der Waals surface area contributed by atoms with Gasteiger partial charge in [-0.1, -0.05) is 0 Å². The first-order valence-electron chi connectivity index (χ1n) is 6.27. The average Bonchev–Trinajstić information content (AvgIpc) is 2.77.